The Kier molecular flexibility index (Phi) is 3.69. The topological polar surface area (TPSA) is 29.5 Å². The minimum Gasteiger partial charge on any atom is -0.380 e. The highest BCUT2D eigenvalue weighted by Crippen LogP contribution is 2.10. The molecule has 1 fully saturated rings. The quantitative estimate of drug-likeness (QED) is 0.623. The molecule has 1 aliphatic heterocycles. The maximum Gasteiger partial charge on any atom is 0.131 e. The fourth-order valence-electron chi connectivity index (χ4n) is 1.39. The SMILES string of the molecule is CC(=O)CCN(C)C1CCOC1. The lowest BCUT2D eigenvalue weighted by atomic mass is 10.2. The third-order valence-electron chi connectivity index (χ3n) is 2.35. The maximum atomic E-state index is 10.7. The van der Waals surface area contributed by atoms with Gasteiger partial charge in [0.2, 0.25) is 0 Å². The highest BCUT2D eigenvalue weighted by Gasteiger charge is 2.19. The van der Waals surface area contributed by atoms with Crippen LogP contribution in [0.25, 0.3) is 0 Å². The van der Waals surface area contributed by atoms with E-state index in [1.807, 2.05) is 0 Å². The molecule has 70 valence electrons. The molecule has 0 saturated carbocycles. The van der Waals surface area contributed by atoms with Gasteiger partial charge in [-0.15, -0.1) is 0 Å². The predicted octanol–water partition coefficient (Wildman–Crippen LogP) is 0.686. The van der Waals surface area contributed by atoms with Crippen molar-refractivity contribution < 1.29 is 9.53 Å². The molecule has 0 aromatic rings. The molecule has 0 bridgehead atoms. The zero-order valence-electron chi connectivity index (χ0n) is 7.88. The van der Waals surface area contributed by atoms with Crippen LogP contribution in [0.2, 0.25) is 0 Å². The van der Waals surface area contributed by atoms with E-state index in [4.69, 9.17) is 4.74 Å². The third kappa shape index (κ3) is 2.91. The highest BCUT2D eigenvalue weighted by molar-refractivity contribution is 5.75. The third-order valence-corrected chi connectivity index (χ3v) is 2.35. The van der Waals surface area contributed by atoms with E-state index in [1.54, 1.807) is 6.92 Å². The van der Waals surface area contributed by atoms with Crippen LogP contribution in [0.1, 0.15) is 19.8 Å². The summed E-state index contributed by atoms with van der Waals surface area (Å²) in [6, 6.07) is 0.532. The van der Waals surface area contributed by atoms with Crippen molar-refractivity contribution in [2.45, 2.75) is 25.8 Å². The number of carbonyl (C=O) groups is 1. The van der Waals surface area contributed by atoms with Crippen molar-refractivity contribution in [3.63, 3.8) is 0 Å². The lowest BCUT2D eigenvalue weighted by Gasteiger charge is -2.21. The van der Waals surface area contributed by atoms with Crippen molar-refractivity contribution in [1.82, 2.24) is 4.90 Å². The van der Waals surface area contributed by atoms with Gasteiger partial charge in [-0.1, -0.05) is 0 Å². The summed E-state index contributed by atoms with van der Waals surface area (Å²) in [5.74, 6) is 0.265. The summed E-state index contributed by atoms with van der Waals surface area (Å²) in [5.41, 5.74) is 0. The standard InChI is InChI=1S/C9H17NO2/c1-8(11)3-5-10(2)9-4-6-12-7-9/h9H,3-7H2,1-2H3. The molecule has 0 N–H and O–H groups in total. The highest BCUT2D eigenvalue weighted by atomic mass is 16.5. The molecule has 12 heavy (non-hydrogen) atoms. The molecule has 0 spiro atoms. The van der Waals surface area contributed by atoms with Gasteiger partial charge in [0.1, 0.15) is 5.78 Å². The van der Waals surface area contributed by atoms with Gasteiger partial charge in [-0.3, -0.25) is 4.79 Å². The van der Waals surface area contributed by atoms with Crippen LogP contribution in [-0.2, 0) is 9.53 Å². The van der Waals surface area contributed by atoms with E-state index in [2.05, 4.69) is 11.9 Å². The fraction of sp³-hybridized carbons (Fsp3) is 0.889. The molecule has 1 heterocycles. The number of likely N-dealkylation sites (N-methyl/N-ethyl adjacent to an activating group) is 1. The first-order valence-corrected chi connectivity index (χ1v) is 4.47. The molecule has 3 heteroatoms. The van der Waals surface area contributed by atoms with Gasteiger partial charge in [0.15, 0.2) is 0 Å². The van der Waals surface area contributed by atoms with Crippen LogP contribution in [0.5, 0.6) is 0 Å². The Labute approximate surface area is 73.7 Å². The van der Waals surface area contributed by atoms with Gasteiger partial charge < -0.3 is 9.64 Å². The molecule has 1 rings (SSSR count). The zero-order chi connectivity index (χ0) is 8.97. The van der Waals surface area contributed by atoms with Crippen LogP contribution in [0.3, 0.4) is 0 Å². The molecule has 0 aliphatic carbocycles. The Balaban J connectivity index is 2.17. The lowest BCUT2D eigenvalue weighted by Crippen LogP contribution is -2.33. The van der Waals surface area contributed by atoms with Crippen LogP contribution < -0.4 is 0 Å². The van der Waals surface area contributed by atoms with Crippen molar-refractivity contribution in [1.29, 1.82) is 0 Å². The fourth-order valence-corrected chi connectivity index (χ4v) is 1.39. The van der Waals surface area contributed by atoms with Gasteiger partial charge in [0.05, 0.1) is 6.61 Å². The van der Waals surface area contributed by atoms with Crippen molar-refractivity contribution in [2.75, 3.05) is 26.8 Å². The maximum absolute atomic E-state index is 10.7. The van der Waals surface area contributed by atoms with E-state index in [-0.39, 0.29) is 5.78 Å². The van der Waals surface area contributed by atoms with Crippen molar-refractivity contribution in [3.05, 3.63) is 0 Å². The molecule has 0 aromatic heterocycles. The van der Waals surface area contributed by atoms with Crippen molar-refractivity contribution in [3.8, 4) is 0 Å². The van der Waals surface area contributed by atoms with Crippen molar-refractivity contribution >= 4 is 5.78 Å². The molecule has 3 nitrogen and oxygen atoms in total. The molecule has 1 saturated heterocycles. The molecule has 0 aromatic carbocycles. The minimum absolute atomic E-state index is 0.265. The first-order chi connectivity index (χ1) is 5.70. The number of hydrogen-bond donors (Lipinski definition) is 0. The van der Waals surface area contributed by atoms with Gasteiger partial charge in [0.25, 0.3) is 0 Å². The second-order valence-electron chi connectivity index (χ2n) is 3.45. The van der Waals surface area contributed by atoms with E-state index < -0.39 is 0 Å². The number of nitrogens with zero attached hydrogens (tertiary/aromatic N) is 1. The van der Waals surface area contributed by atoms with Gasteiger partial charge in [-0.05, 0) is 20.4 Å². The molecule has 0 amide bonds. The van der Waals surface area contributed by atoms with Gasteiger partial charge >= 0.3 is 0 Å². The Bertz CT molecular complexity index is 153. The van der Waals surface area contributed by atoms with Gasteiger partial charge in [-0.25, -0.2) is 0 Å². The average molecular weight is 171 g/mol. The Morgan fingerprint density at radius 1 is 1.67 bits per heavy atom. The first kappa shape index (κ1) is 9.68. The summed E-state index contributed by atoms with van der Waals surface area (Å²) in [6.45, 7) is 4.20. The Hall–Kier alpha value is -0.410. The number of ether oxygens (including phenoxy) is 1. The first-order valence-electron chi connectivity index (χ1n) is 4.47. The van der Waals surface area contributed by atoms with Crippen LogP contribution in [0.15, 0.2) is 0 Å². The molecule has 1 unspecified atom stereocenters. The van der Waals surface area contributed by atoms with Crippen LogP contribution in [0, 0.1) is 0 Å². The lowest BCUT2D eigenvalue weighted by molar-refractivity contribution is -0.117. The Morgan fingerprint density at radius 2 is 2.42 bits per heavy atom. The second-order valence-corrected chi connectivity index (χ2v) is 3.45. The van der Waals surface area contributed by atoms with E-state index in [0.29, 0.717) is 12.5 Å². The van der Waals surface area contributed by atoms with E-state index in [9.17, 15) is 4.79 Å². The summed E-state index contributed by atoms with van der Waals surface area (Å²) in [5, 5.41) is 0. The summed E-state index contributed by atoms with van der Waals surface area (Å²) in [6.07, 6.45) is 1.77. The number of ketones is 1. The summed E-state index contributed by atoms with van der Waals surface area (Å²) >= 11 is 0. The van der Waals surface area contributed by atoms with Crippen LogP contribution >= 0.6 is 0 Å². The van der Waals surface area contributed by atoms with E-state index in [0.717, 1.165) is 26.2 Å². The smallest absolute Gasteiger partial charge is 0.131 e. The molecule has 0 radical (unpaired) electrons. The number of hydrogen-bond acceptors (Lipinski definition) is 3. The molecular weight excluding hydrogens is 154 g/mol. The van der Waals surface area contributed by atoms with Crippen molar-refractivity contribution in [2.24, 2.45) is 0 Å². The summed E-state index contributed by atoms with van der Waals surface area (Å²) in [7, 11) is 2.06. The predicted molar refractivity (Wildman–Crippen MR) is 47.2 cm³/mol. The minimum atomic E-state index is 0.265. The van der Waals surface area contributed by atoms with Gasteiger partial charge in [-0.2, -0.15) is 0 Å². The zero-order valence-corrected chi connectivity index (χ0v) is 7.88. The number of Topliss-reactive ketones (excluding diaryl/α,β-unsaturated/α-hetero) is 1. The monoisotopic (exact) mass is 171 g/mol. The second kappa shape index (κ2) is 4.58. The molecular formula is C9H17NO2. The van der Waals surface area contributed by atoms with Crippen LogP contribution in [-0.4, -0.2) is 43.5 Å². The van der Waals surface area contributed by atoms with E-state index >= 15 is 0 Å². The summed E-state index contributed by atoms with van der Waals surface area (Å²) < 4.78 is 5.26. The largest absolute Gasteiger partial charge is 0.380 e. The van der Waals surface area contributed by atoms with Crippen LogP contribution in [0.4, 0.5) is 0 Å². The Morgan fingerprint density at radius 3 is 2.92 bits per heavy atom. The molecule has 1 atom stereocenters. The normalized spacial score (nSPS) is 23.4. The number of carbonyl (C=O) groups excluding carboxylic acids is 1. The molecule has 1 aliphatic rings. The summed E-state index contributed by atoms with van der Waals surface area (Å²) in [4.78, 5) is 12.9. The number of rotatable bonds is 4. The van der Waals surface area contributed by atoms with E-state index in [1.165, 1.54) is 0 Å². The average Bonchev–Trinajstić information content (AvgIpc) is 2.51. The van der Waals surface area contributed by atoms with Gasteiger partial charge in [0, 0.05) is 25.6 Å².